The lowest BCUT2D eigenvalue weighted by Gasteiger charge is -2.28. The van der Waals surface area contributed by atoms with E-state index in [2.05, 4.69) is 31.3 Å². The van der Waals surface area contributed by atoms with Crippen LogP contribution in [0.4, 0.5) is 0 Å². The van der Waals surface area contributed by atoms with Gasteiger partial charge in [-0.2, -0.15) is 0 Å². The van der Waals surface area contributed by atoms with Gasteiger partial charge in [0, 0.05) is 11.1 Å². The Labute approximate surface area is 116 Å². The molecule has 1 aliphatic rings. The first-order chi connectivity index (χ1) is 8.65. The summed E-state index contributed by atoms with van der Waals surface area (Å²) < 4.78 is 0. The third-order valence-corrected chi connectivity index (χ3v) is 4.34. The predicted molar refractivity (Wildman–Crippen MR) is 79.0 cm³/mol. The standard InChI is InChI=1S/C16H24ClN/c1-12-5-3-6-14(9-12)11-18-13(2)15-7-4-8-16(17)10-15/h4,7-8,10,12-14,18H,3,5-6,9,11H2,1-2H3. The summed E-state index contributed by atoms with van der Waals surface area (Å²) in [4.78, 5) is 0. The predicted octanol–water partition coefficient (Wildman–Crippen LogP) is 4.82. The van der Waals surface area contributed by atoms with Gasteiger partial charge in [-0.1, -0.05) is 43.5 Å². The van der Waals surface area contributed by atoms with Gasteiger partial charge in [-0.05, 0) is 55.8 Å². The summed E-state index contributed by atoms with van der Waals surface area (Å²) in [5.41, 5.74) is 1.28. The third-order valence-electron chi connectivity index (χ3n) is 4.11. The second-order valence-electron chi connectivity index (χ2n) is 5.82. The largest absolute Gasteiger partial charge is 0.310 e. The second kappa shape index (κ2) is 6.58. The van der Waals surface area contributed by atoms with Crippen LogP contribution in [0.2, 0.25) is 5.02 Å². The van der Waals surface area contributed by atoms with Crippen molar-refractivity contribution in [1.82, 2.24) is 5.32 Å². The average Bonchev–Trinajstić information content (AvgIpc) is 2.36. The summed E-state index contributed by atoms with van der Waals surface area (Å²) in [6.45, 7) is 5.74. The topological polar surface area (TPSA) is 12.0 Å². The number of nitrogens with one attached hydrogen (secondary N) is 1. The van der Waals surface area contributed by atoms with Crippen molar-refractivity contribution in [1.29, 1.82) is 0 Å². The van der Waals surface area contributed by atoms with Gasteiger partial charge in [0.25, 0.3) is 0 Å². The molecule has 1 saturated carbocycles. The molecule has 0 radical (unpaired) electrons. The summed E-state index contributed by atoms with van der Waals surface area (Å²) in [5.74, 6) is 1.77. The van der Waals surface area contributed by atoms with Gasteiger partial charge in [-0.25, -0.2) is 0 Å². The maximum atomic E-state index is 6.03. The second-order valence-corrected chi connectivity index (χ2v) is 6.26. The smallest absolute Gasteiger partial charge is 0.0409 e. The van der Waals surface area contributed by atoms with Crippen molar-refractivity contribution in [3.8, 4) is 0 Å². The highest BCUT2D eigenvalue weighted by atomic mass is 35.5. The first-order valence-electron chi connectivity index (χ1n) is 7.14. The van der Waals surface area contributed by atoms with Crippen LogP contribution >= 0.6 is 11.6 Å². The van der Waals surface area contributed by atoms with E-state index in [0.29, 0.717) is 6.04 Å². The first kappa shape index (κ1) is 13.9. The molecule has 1 fully saturated rings. The van der Waals surface area contributed by atoms with Crippen LogP contribution in [-0.2, 0) is 0 Å². The molecule has 0 saturated heterocycles. The van der Waals surface area contributed by atoms with E-state index < -0.39 is 0 Å². The maximum absolute atomic E-state index is 6.03. The molecule has 1 aliphatic carbocycles. The van der Waals surface area contributed by atoms with Crippen molar-refractivity contribution >= 4 is 11.6 Å². The van der Waals surface area contributed by atoms with E-state index >= 15 is 0 Å². The van der Waals surface area contributed by atoms with Crippen molar-refractivity contribution in [3.63, 3.8) is 0 Å². The van der Waals surface area contributed by atoms with Gasteiger partial charge in [0.2, 0.25) is 0 Å². The number of hydrogen-bond acceptors (Lipinski definition) is 1. The van der Waals surface area contributed by atoms with Gasteiger partial charge in [0.15, 0.2) is 0 Å². The van der Waals surface area contributed by atoms with E-state index in [9.17, 15) is 0 Å². The lowest BCUT2D eigenvalue weighted by molar-refractivity contribution is 0.268. The van der Waals surface area contributed by atoms with Gasteiger partial charge in [-0.3, -0.25) is 0 Å². The Kier molecular flexibility index (Phi) is 5.08. The summed E-state index contributed by atoms with van der Waals surface area (Å²) >= 11 is 6.03. The molecule has 0 bridgehead atoms. The lowest BCUT2D eigenvalue weighted by Crippen LogP contribution is -2.28. The fourth-order valence-electron chi connectivity index (χ4n) is 2.98. The Morgan fingerprint density at radius 1 is 1.39 bits per heavy atom. The third kappa shape index (κ3) is 4.00. The summed E-state index contributed by atoms with van der Waals surface area (Å²) in [5, 5.41) is 4.48. The first-order valence-corrected chi connectivity index (χ1v) is 7.52. The van der Waals surface area contributed by atoms with E-state index in [-0.39, 0.29) is 0 Å². The molecule has 100 valence electrons. The van der Waals surface area contributed by atoms with Crippen LogP contribution < -0.4 is 5.32 Å². The van der Waals surface area contributed by atoms with Gasteiger partial charge in [0.05, 0.1) is 0 Å². The lowest BCUT2D eigenvalue weighted by atomic mass is 9.82. The molecule has 1 nitrogen and oxygen atoms in total. The van der Waals surface area contributed by atoms with Crippen molar-refractivity contribution in [2.45, 2.75) is 45.6 Å². The minimum Gasteiger partial charge on any atom is -0.310 e. The highest BCUT2D eigenvalue weighted by Crippen LogP contribution is 2.28. The fourth-order valence-corrected chi connectivity index (χ4v) is 3.18. The Morgan fingerprint density at radius 2 is 2.22 bits per heavy atom. The Hall–Kier alpha value is -0.530. The van der Waals surface area contributed by atoms with Crippen LogP contribution in [0.3, 0.4) is 0 Å². The Bertz CT molecular complexity index is 377. The van der Waals surface area contributed by atoms with Crippen molar-refractivity contribution in [2.75, 3.05) is 6.54 Å². The van der Waals surface area contributed by atoms with Gasteiger partial charge in [0.1, 0.15) is 0 Å². The van der Waals surface area contributed by atoms with Gasteiger partial charge >= 0.3 is 0 Å². The molecular formula is C16H24ClN. The van der Waals surface area contributed by atoms with Crippen LogP contribution in [0.5, 0.6) is 0 Å². The molecule has 1 aromatic carbocycles. The fraction of sp³-hybridized carbons (Fsp3) is 0.625. The van der Waals surface area contributed by atoms with Crippen LogP contribution in [-0.4, -0.2) is 6.54 Å². The van der Waals surface area contributed by atoms with E-state index in [4.69, 9.17) is 11.6 Å². The van der Waals surface area contributed by atoms with Crippen LogP contribution in [0.15, 0.2) is 24.3 Å². The molecule has 18 heavy (non-hydrogen) atoms. The highest BCUT2D eigenvalue weighted by molar-refractivity contribution is 6.30. The van der Waals surface area contributed by atoms with E-state index in [1.54, 1.807) is 0 Å². The summed E-state index contributed by atoms with van der Waals surface area (Å²) in [6.07, 6.45) is 5.59. The quantitative estimate of drug-likeness (QED) is 0.823. The molecule has 0 aliphatic heterocycles. The number of halogens is 1. The maximum Gasteiger partial charge on any atom is 0.0409 e. The molecule has 0 heterocycles. The molecule has 2 rings (SSSR count). The SMILES string of the molecule is CC1CCCC(CNC(C)c2cccc(Cl)c2)C1. The molecule has 3 unspecified atom stereocenters. The van der Waals surface area contributed by atoms with Crippen LogP contribution in [0, 0.1) is 11.8 Å². The Morgan fingerprint density at radius 3 is 2.94 bits per heavy atom. The van der Waals surface area contributed by atoms with E-state index in [1.165, 1.54) is 31.2 Å². The molecule has 0 amide bonds. The zero-order chi connectivity index (χ0) is 13.0. The van der Waals surface area contributed by atoms with Crippen molar-refractivity contribution in [3.05, 3.63) is 34.9 Å². The molecule has 1 aromatic rings. The Balaban J connectivity index is 1.82. The summed E-state index contributed by atoms with van der Waals surface area (Å²) in [7, 11) is 0. The van der Waals surface area contributed by atoms with Crippen molar-refractivity contribution in [2.24, 2.45) is 11.8 Å². The van der Waals surface area contributed by atoms with Crippen LogP contribution in [0.25, 0.3) is 0 Å². The van der Waals surface area contributed by atoms with Gasteiger partial charge in [-0.15, -0.1) is 0 Å². The molecule has 0 spiro atoms. The van der Waals surface area contributed by atoms with E-state index in [1.807, 2.05) is 12.1 Å². The average molecular weight is 266 g/mol. The zero-order valence-electron chi connectivity index (χ0n) is 11.5. The minimum absolute atomic E-state index is 0.390. The number of rotatable bonds is 4. The minimum atomic E-state index is 0.390. The monoisotopic (exact) mass is 265 g/mol. The molecule has 2 heteroatoms. The van der Waals surface area contributed by atoms with Crippen molar-refractivity contribution < 1.29 is 0 Å². The number of hydrogen-bond donors (Lipinski definition) is 1. The molecule has 0 aromatic heterocycles. The molecule has 1 N–H and O–H groups in total. The number of benzene rings is 1. The normalized spacial score (nSPS) is 25.9. The van der Waals surface area contributed by atoms with E-state index in [0.717, 1.165) is 23.4 Å². The van der Waals surface area contributed by atoms with Gasteiger partial charge < -0.3 is 5.32 Å². The van der Waals surface area contributed by atoms with Crippen LogP contribution in [0.1, 0.15) is 51.1 Å². The zero-order valence-corrected chi connectivity index (χ0v) is 12.2. The highest BCUT2D eigenvalue weighted by Gasteiger charge is 2.19. The molecule has 3 atom stereocenters. The summed E-state index contributed by atoms with van der Waals surface area (Å²) in [6, 6.07) is 8.55. The molecular weight excluding hydrogens is 242 g/mol.